The summed E-state index contributed by atoms with van der Waals surface area (Å²) in [6, 6.07) is 3.82. The lowest BCUT2D eigenvalue weighted by atomic mass is 10.2. The molecule has 0 aliphatic heterocycles. The quantitative estimate of drug-likeness (QED) is 0.797. The molecule has 0 unspecified atom stereocenters. The smallest absolute Gasteiger partial charge is 0.250 e. The van der Waals surface area contributed by atoms with E-state index in [9.17, 15) is 9.50 Å². The monoisotopic (exact) mass is 242 g/mol. The van der Waals surface area contributed by atoms with Crippen molar-refractivity contribution in [3.8, 4) is 11.5 Å². The van der Waals surface area contributed by atoms with Crippen molar-refractivity contribution in [2.24, 2.45) is 0 Å². The number of phenols is 1. The van der Waals surface area contributed by atoms with Crippen LogP contribution >= 0.6 is 0 Å². The maximum Gasteiger partial charge on any atom is 0.250 e. The van der Waals surface area contributed by atoms with E-state index in [-0.39, 0.29) is 10.8 Å². The number of hydrogen-bond acceptors (Lipinski definition) is 2. The Labute approximate surface area is 97.2 Å². The summed E-state index contributed by atoms with van der Waals surface area (Å²) in [5.41, 5.74) is 0. The van der Waals surface area contributed by atoms with Crippen molar-refractivity contribution in [3.63, 3.8) is 0 Å². The molecule has 0 saturated carbocycles. The lowest BCUT2D eigenvalue weighted by Crippen LogP contribution is -2.43. The second kappa shape index (κ2) is 4.09. The minimum absolute atomic E-state index is 0.0505. The average molecular weight is 242 g/mol. The number of rotatable bonds is 2. The maximum atomic E-state index is 13.1. The lowest BCUT2D eigenvalue weighted by Gasteiger charge is -2.36. The summed E-state index contributed by atoms with van der Waals surface area (Å²) in [5, 5.41) is 9.34. The zero-order valence-electron chi connectivity index (χ0n) is 10.5. The van der Waals surface area contributed by atoms with E-state index in [4.69, 9.17) is 4.43 Å². The van der Waals surface area contributed by atoms with Crippen LogP contribution in [0.4, 0.5) is 4.39 Å². The highest BCUT2D eigenvalue weighted by Crippen LogP contribution is 2.38. The predicted molar refractivity (Wildman–Crippen MR) is 65.9 cm³/mol. The number of aromatic hydroxyl groups is 1. The van der Waals surface area contributed by atoms with Gasteiger partial charge in [-0.15, -0.1) is 0 Å². The number of halogens is 1. The molecule has 0 fully saturated rings. The van der Waals surface area contributed by atoms with Gasteiger partial charge in [0.2, 0.25) is 8.32 Å². The van der Waals surface area contributed by atoms with Gasteiger partial charge in [0.25, 0.3) is 0 Å². The van der Waals surface area contributed by atoms with Crippen LogP contribution in [0.2, 0.25) is 18.1 Å². The number of hydrogen-bond donors (Lipinski definition) is 1. The summed E-state index contributed by atoms with van der Waals surface area (Å²) < 4.78 is 18.9. The third-order valence-corrected chi connectivity index (χ3v) is 7.39. The van der Waals surface area contributed by atoms with Crippen molar-refractivity contribution in [2.75, 3.05) is 0 Å². The summed E-state index contributed by atoms with van der Waals surface area (Å²) in [6.07, 6.45) is 0. The van der Waals surface area contributed by atoms with Crippen molar-refractivity contribution in [3.05, 3.63) is 24.0 Å². The van der Waals surface area contributed by atoms with Crippen LogP contribution in [0.15, 0.2) is 18.2 Å². The molecule has 90 valence electrons. The van der Waals surface area contributed by atoms with E-state index in [0.29, 0.717) is 5.75 Å². The van der Waals surface area contributed by atoms with Gasteiger partial charge < -0.3 is 9.53 Å². The SMILES string of the molecule is CC(C)(C)[Si](C)(C)Oc1cc(O)cc(F)c1. The first-order valence-corrected chi connectivity index (χ1v) is 8.21. The molecular weight excluding hydrogens is 223 g/mol. The maximum absolute atomic E-state index is 13.1. The summed E-state index contributed by atoms with van der Waals surface area (Å²) in [5.74, 6) is -0.175. The third-order valence-electron chi connectivity index (χ3n) is 3.04. The van der Waals surface area contributed by atoms with Crippen LogP contribution in [0.3, 0.4) is 0 Å². The fourth-order valence-electron chi connectivity index (χ4n) is 1.05. The topological polar surface area (TPSA) is 29.5 Å². The highest BCUT2D eigenvalue weighted by Gasteiger charge is 2.39. The second-order valence-corrected chi connectivity index (χ2v) is 10.2. The Hall–Kier alpha value is -1.03. The lowest BCUT2D eigenvalue weighted by molar-refractivity contribution is 0.452. The van der Waals surface area contributed by atoms with Gasteiger partial charge in [-0.25, -0.2) is 4.39 Å². The van der Waals surface area contributed by atoms with Crippen molar-refractivity contribution in [2.45, 2.75) is 38.9 Å². The molecule has 2 nitrogen and oxygen atoms in total. The molecule has 0 spiro atoms. The Balaban J connectivity index is 2.96. The highest BCUT2D eigenvalue weighted by molar-refractivity contribution is 6.74. The zero-order valence-corrected chi connectivity index (χ0v) is 11.5. The zero-order chi connectivity index (χ0) is 12.6. The highest BCUT2D eigenvalue weighted by atomic mass is 28.4. The molecule has 0 radical (unpaired) electrons. The van der Waals surface area contributed by atoms with Gasteiger partial charge in [-0.3, -0.25) is 0 Å². The Kier molecular flexibility index (Phi) is 3.33. The van der Waals surface area contributed by atoms with Crippen LogP contribution in [-0.4, -0.2) is 13.4 Å². The first-order valence-electron chi connectivity index (χ1n) is 5.30. The van der Waals surface area contributed by atoms with E-state index in [0.717, 1.165) is 6.07 Å². The summed E-state index contributed by atoms with van der Waals surface area (Å²) >= 11 is 0. The van der Waals surface area contributed by atoms with E-state index >= 15 is 0 Å². The van der Waals surface area contributed by atoms with Crippen molar-refractivity contribution in [1.29, 1.82) is 0 Å². The molecule has 0 saturated heterocycles. The molecule has 1 rings (SSSR count). The average Bonchev–Trinajstić information content (AvgIpc) is 1.97. The molecule has 16 heavy (non-hydrogen) atoms. The van der Waals surface area contributed by atoms with E-state index in [2.05, 4.69) is 33.9 Å². The Bertz CT molecular complexity index is 363. The normalized spacial score (nSPS) is 12.6. The van der Waals surface area contributed by atoms with Gasteiger partial charge in [0.1, 0.15) is 17.3 Å². The molecule has 0 aliphatic rings. The molecule has 1 aromatic rings. The van der Waals surface area contributed by atoms with Crippen LogP contribution in [0, 0.1) is 5.82 Å². The van der Waals surface area contributed by atoms with Crippen molar-refractivity contribution in [1.82, 2.24) is 0 Å². The molecule has 0 amide bonds. The predicted octanol–water partition coefficient (Wildman–Crippen LogP) is 3.92. The number of phenolic OH excluding ortho intramolecular Hbond substituents is 1. The van der Waals surface area contributed by atoms with Crippen LogP contribution in [0.1, 0.15) is 20.8 Å². The molecule has 0 heterocycles. The molecule has 0 bridgehead atoms. The minimum Gasteiger partial charge on any atom is -0.543 e. The van der Waals surface area contributed by atoms with E-state index in [1.165, 1.54) is 12.1 Å². The second-order valence-electron chi connectivity index (χ2n) is 5.51. The number of benzene rings is 1. The van der Waals surface area contributed by atoms with Gasteiger partial charge in [0.15, 0.2) is 0 Å². The van der Waals surface area contributed by atoms with Crippen LogP contribution in [0.25, 0.3) is 0 Å². The molecule has 0 atom stereocenters. The molecule has 1 N–H and O–H groups in total. The van der Waals surface area contributed by atoms with E-state index in [1.54, 1.807) is 0 Å². The van der Waals surface area contributed by atoms with Crippen LogP contribution in [0.5, 0.6) is 11.5 Å². The Morgan fingerprint density at radius 1 is 1.19 bits per heavy atom. The van der Waals surface area contributed by atoms with E-state index < -0.39 is 14.1 Å². The van der Waals surface area contributed by atoms with Gasteiger partial charge in [-0.2, -0.15) is 0 Å². The standard InChI is InChI=1S/C12H19FO2Si/c1-12(2,3)16(4,5)15-11-7-9(13)6-10(14)8-11/h6-8,14H,1-5H3. The molecule has 4 heteroatoms. The molecule has 1 aromatic carbocycles. The largest absolute Gasteiger partial charge is 0.543 e. The summed E-state index contributed by atoms with van der Waals surface area (Å²) in [4.78, 5) is 0. The Morgan fingerprint density at radius 2 is 1.75 bits per heavy atom. The van der Waals surface area contributed by atoms with Crippen molar-refractivity contribution >= 4 is 8.32 Å². The fraction of sp³-hybridized carbons (Fsp3) is 0.500. The van der Waals surface area contributed by atoms with Gasteiger partial charge in [-0.1, -0.05) is 20.8 Å². The molecular formula is C12H19FO2Si. The minimum atomic E-state index is -1.97. The first-order chi connectivity index (χ1) is 7.12. The van der Waals surface area contributed by atoms with Crippen LogP contribution in [-0.2, 0) is 0 Å². The van der Waals surface area contributed by atoms with Gasteiger partial charge >= 0.3 is 0 Å². The fourth-order valence-corrected chi connectivity index (χ4v) is 2.07. The van der Waals surface area contributed by atoms with Gasteiger partial charge in [-0.05, 0) is 18.1 Å². The third kappa shape index (κ3) is 2.98. The van der Waals surface area contributed by atoms with Gasteiger partial charge in [0, 0.05) is 18.2 Å². The van der Waals surface area contributed by atoms with Gasteiger partial charge in [0.05, 0.1) is 0 Å². The first kappa shape index (κ1) is 13.0. The summed E-state index contributed by atoms with van der Waals surface area (Å²) in [6.45, 7) is 10.5. The van der Waals surface area contributed by atoms with E-state index in [1.807, 2.05) is 0 Å². The summed E-state index contributed by atoms with van der Waals surface area (Å²) in [7, 11) is -1.97. The molecule has 0 aromatic heterocycles. The molecule has 0 aliphatic carbocycles. The van der Waals surface area contributed by atoms with Crippen molar-refractivity contribution < 1.29 is 13.9 Å². The Morgan fingerprint density at radius 3 is 2.19 bits per heavy atom. The van der Waals surface area contributed by atoms with Crippen LogP contribution < -0.4 is 4.43 Å².